The summed E-state index contributed by atoms with van der Waals surface area (Å²) in [5, 5.41) is 0. The van der Waals surface area contributed by atoms with Crippen molar-refractivity contribution in [3.05, 3.63) is 34.1 Å². The second-order valence-electron chi connectivity index (χ2n) is 3.47. The Morgan fingerprint density at radius 1 is 0.688 bits per heavy atom. The quantitative estimate of drug-likeness (QED) is 0.483. The lowest BCUT2D eigenvalue weighted by atomic mass is 9.78. The van der Waals surface area contributed by atoms with Crippen LogP contribution >= 0.6 is 0 Å². The fourth-order valence-electron chi connectivity index (χ4n) is 1.62. The van der Waals surface area contributed by atoms with E-state index in [1.165, 1.54) is 0 Å². The van der Waals surface area contributed by atoms with Gasteiger partial charge in [0.2, 0.25) is 0 Å². The normalized spacial score (nSPS) is 20.2. The first kappa shape index (κ1) is 11.2. The molecular formula is C9H3F7. The molecule has 88 valence electrons. The lowest BCUT2D eigenvalue weighted by molar-refractivity contribution is -0.258. The van der Waals surface area contributed by atoms with E-state index in [1.807, 2.05) is 0 Å². The van der Waals surface area contributed by atoms with Gasteiger partial charge in [-0.15, -0.1) is 0 Å². The standard InChI is InChI=1S/C9H3F7/c1-2-5(10)3-4(7(12)6(2)11)9(15,16)8(3,13)14/h1H3. The first-order valence-corrected chi connectivity index (χ1v) is 4.07. The molecule has 1 aliphatic carbocycles. The molecule has 0 nitrogen and oxygen atoms in total. The van der Waals surface area contributed by atoms with E-state index in [0.717, 1.165) is 0 Å². The van der Waals surface area contributed by atoms with Crippen molar-refractivity contribution < 1.29 is 30.7 Å². The SMILES string of the molecule is Cc1c(F)c(F)c2c(c1F)C(F)(F)C2(F)F. The van der Waals surface area contributed by atoms with E-state index >= 15 is 0 Å². The Kier molecular flexibility index (Phi) is 1.89. The van der Waals surface area contributed by atoms with Crippen molar-refractivity contribution in [1.82, 2.24) is 0 Å². The molecule has 0 amide bonds. The highest BCUT2D eigenvalue weighted by molar-refractivity contribution is 5.51. The van der Waals surface area contributed by atoms with Gasteiger partial charge in [0.1, 0.15) is 5.82 Å². The Bertz CT molecular complexity index is 444. The van der Waals surface area contributed by atoms with Crippen molar-refractivity contribution in [2.45, 2.75) is 18.8 Å². The molecule has 0 fully saturated rings. The molecule has 0 radical (unpaired) electrons. The van der Waals surface area contributed by atoms with E-state index in [1.54, 1.807) is 0 Å². The molecule has 0 heterocycles. The maximum Gasteiger partial charge on any atom is 0.343 e. The molecule has 0 saturated heterocycles. The van der Waals surface area contributed by atoms with Gasteiger partial charge in [-0.3, -0.25) is 0 Å². The van der Waals surface area contributed by atoms with E-state index in [9.17, 15) is 30.7 Å². The highest BCUT2D eigenvalue weighted by Crippen LogP contribution is 2.62. The minimum atomic E-state index is -4.87. The molecular weight excluding hydrogens is 241 g/mol. The Balaban J connectivity index is 2.88. The van der Waals surface area contributed by atoms with Gasteiger partial charge in [0.05, 0.1) is 11.1 Å². The van der Waals surface area contributed by atoms with Crippen molar-refractivity contribution in [2.75, 3.05) is 0 Å². The first-order valence-electron chi connectivity index (χ1n) is 4.07. The zero-order chi connectivity index (χ0) is 12.5. The molecule has 1 aromatic carbocycles. The molecule has 0 spiro atoms. The van der Waals surface area contributed by atoms with Gasteiger partial charge in [0.25, 0.3) is 0 Å². The zero-order valence-electron chi connectivity index (χ0n) is 7.65. The van der Waals surface area contributed by atoms with Gasteiger partial charge in [0.15, 0.2) is 11.6 Å². The summed E-state index contributed by atoms with van der Waals surface area (Å²) in [6, 6.07) is 0. The predicted octanol–water partition coefficient (Wildman–Crippen LogP) is 3.61. The molecule has 1 aliphatic rings. The minimum Gasteiger partial charge on any atom is -0.206 e. The molecule has 0 bridgehead atoms. The van der Waals surface area contributed by atoms with E-state index < -0.39 is 46.0 Å². The zero-order valence-corrected chi connectivity index (χ0v) is 7.65. The van der Waals surface area contributed by atoms with Crippen LogP contribution in [0.5, 0.6) is 0 Å². The highest BCUT2D eigenvalue weighted by Gasteiger charge is 2.73. The monoisotopic (exact) mass is 244 g/mol. The summed E-state index contributed by atoms with van der Waals surface area (Å²) < 4.78 is 90.0. The van der Waals surface area contributed by atoms with Crippen LogP contribution in [0.1, 0.15) is 16.7 Å². The molecule has 0 aromatic heterocycles. The molecule has 0 atom stereocenters. The topological polar surface area (TPSA) is 0 Å². The van der Waals surface area contributed by atoms with Crippen LogP contribution < -0.4 is 0 Å². The summed E-state index contributed by atoms with van der Waals surface area (Å²) in [5.74, 6) is -15.5. The smallest absolute Gasteiger partial charge is 0.206 e. The number of rotatable bonds is 0. The highest BCUT2D eigenvalue weighted by atomic mass is 19.3. The largest absolute Gasteiger partial charge is 0.343 e. The number of hydrogen-bond donors (Lipinski definition) is 0. The van der Waals surface area contributed by atoms with E-state index in [-0.39, 0.29) is 0 Å². The Labute approximate surface area is 84.7 Å². The lowest BCUT2D eigenvalue weighted by Gasteiger charge is -2.39. The molecule has 0 unspecified atom stereocenters. The van der Waals surface area contributed by atoms with Crippen molar-refractivity contribution in [3.8, 4) is 0 Å². The van der Waals surface area contributed by atoms with Gasteiger partial charge in [-0.1, -0.05) is 0 Å². The van der Waals surface area contributed by atoms with Crippen molar-refractivity contribution >= 4 is 0 Å². The Hall–Kier alpha value is -1.27. The maximum absolute atomic E-state index is 13.1. The molecule has 2 rings (SSSR count). The van der Waals surface area contributed by atoms with Gasteiger partial charge < -0.3 is 0 Å². The fourth-order valence-corrected chi connectivity index (χ4v) is 1.62. The van der Waals surface area contributed by atoms with Gasteiger partial charge in [-0.25, -0.2) is 13.2 Å². The van der Waals surface area contributed by atoms with Crippen LogP contribution in [0, 0.1) is 24.4 Å². The number of alkyl halides is 4. The average Bonchev–Trinajstić information content (AvgIpc) is 2.19. The summed E-state index contributed by atoms with van der Waals surface area (Å²) in [4.78, 5) is 0. The van der Waals surface area contributed by atoms with Crippen LogP contribution in [0.4, 0.5) is 30.7 Å². The fraction of sp³-hybridized carbons (Fsp3) is 0.333. The van der Waals surface area contributed by atoms with Gasteiger partial charge in [-0.2, -0.15) is 17.6 Å². The maximum atomic E-state index is 13.1. The van der Waals surface area contributed by atoms with Crippen LogP contribution in [0.2, 0.25) is 0 Å². The van der Waals surface area contributed by atoms with Crippen molar-refractivity contribution in [1.29, 1.82) is 0 Å². The number of halogens is 7. The average molecular weight is 244 g/mol. The molecule has 1 aromatic rings. The lowest BCUT2D eigenvalue weighted by Crippen LogP contribution is -2.49. The predicted molar refractivity (Wildman–Crippen MR) is 38.8 cm³/mol. The number of hydrogen-bond acceptors (Lipinski definition) is 0. The molecule has 0 aliphatic heterocycles. The summed E-state index contributed by atoms with van der Waals surface area (Å²) in [7, 11) is 0. The summed E-state index contributed by atoms with van der Waals surface area (Å²) in [6.07, 6.45) is 0. The minimum absolute atomic E-state index is 0.695. The molecule has 7 heteroatoms. The van der Waals surface area contributed by atoms with Crippen molar-refractivity contribution in [3.63, 3.8) is 0 Å². The van der Waals surface area contributed by atoms with E-state index in [4.69, 9.17) is 0 Å². The van der Waals surface area contributed by atoms with Gasteiger partial charge in [-0.05, 0) is 6.92 Å². The third kappa shape index (κ3) is 0.916. The molecule has 0 N–H and O–H groups in total. The number of benzene rings is 1. The second-order valence-corrected chi connectivity index (χ2v) is 3.47. The van der Waals surface area contributed by atoms with Gasteiger partial charge >= 0.3 is 11.8 Å². The van der Waals surface area contributed by atoms with Crippen LogP contribution in [0.3, 0.4) is 0 Å². The van der Waals surface area contributed by atoms with Crippen LogP contribution in [-0.4, -0.2) is 0 Å². The number of fused-ring (bicyclic) bond motifs is 1. The van der Waals surface area contributed by atoms with Crippen LogP contribution in [-0.2, 0) is 11.8 Å². The Morgan fingerprint density at radius 3 is 1.50 bits per heavy atom. The summed E-state index contributed by atoms with van der Waals surface area (Å²) in [6.45, 7) is 0.695. The van der Waals surface area contributed by atoms with E-state index in [0.29, 0.717) is 6.92 Å². The summed E-state index contributed by atoms with van der Waals surface area (Å²) in [5.41, 5.74) is -4.68. The van der Waals surface area contributed by atoms with Crippen molar-refractivity contribution in [2.24, 2.45) is 0 Å². The molecule has 16 heavy (non-hydrogen) atoms. The second kappa shape index (κ2) is 2.70. The van der Waals surface area contributed by atoms with E-state index in [2.05, 4.69) is 0 Å². The van der Waals surface area contributed by atoms with Crippen LogP contribution in [0.15, 0.2) is 0 Å². The van der Waals surface area contributed by atoms with Gasteiger partial charge in [0, 0.05) is 5.56 Å². The van der Waals surface area contributed by atoms with Crippen LogP contribution in [0.25, 0.3) is 0 Å². The Morgan fingerprint density at radius 2 is 1.06 bits per heavy atom. The third-order valence-corrected chi connectivity index (χ3v) is 2.56. The third-order valence-electron chi connectivity index (χ3n) is 2.56. The summed E-state index contributed by atoms with van der Waals surface area (Å²) >= 11 is 0. The first-order chi connectivity index (χ1) is 7.14. The molecule has 0 saturated carbocycles.